The monoisotopic (exact) mass is 231 g/mol. The smallest absolute Gasteiger partial charge is 0.162 e. The average Bonchev–Trinajstić information content (AvgIpc) is 3.20. The number of nitrogens with zero attached hydrogens (tertiary/aromatic N) is 1. The fraction of sp³-hybridized carbons (Fsp3) is 0.533. The lowest BCUT2D eigenvalue weighted by Crippen LogP contribution is -2.30. The van der Waals surface area contributed by atoms with E-state index < -0.39 is 0 Å². The van der Waals surface area contributed by atoms with E-state index in [1.54, 1.807) is 0 Å². The molecule has 0 radical (unpaired) electrons. The Kier molecular flexibility index (Phi) is 3.51. The van der Waals surface area contributed by atoms with Crippen LogP contribution in [0.25, 0.3) is 0 Å². The molecule has 1 saturated carbocycles. The minimum absolute atomic E-state index is 0.217. The molecule has 0 bridgehead atoms. The fourth-order valence-corrected chi connectivity index (χ4v) is 2.22. The summed E-state index contributed by atoms with van der Waals surface area (Å²) in [6.07, 6.45) is 3.30. The molecule has 1 atom stereocenters. The summed E-state index contributed by atoms with van der Waals surface area (Å²) in [5, 5.41) is 0. The molecule has 92 valence electrons. The summed E-state index contributed by atoms with van der Waals surface area (Å²) in [6.45, 7) is 4.18. The number of rotatable bonds is 5. The van der Waals surface area contributed by atoms with Crippen molar-refractivity contribution in [2.75, 3.05) is 11.9 Å². The molecule has 0 aromatic heterocycles. The van der Waals surface area contributed by atoms with Crippen LogP contribution >= 0.6 is 0 Å². The fourth-order valence-electron chi connectivity index (χ4n) is 2.22. The van der Waals surface area contributed by atoms with E-state index in [1.807, 2.05) is 19.1 Å². The highest BCUT2D eigenvalue weighted by Gasteiger charge is 2.30. The van der Waals surface area contributed by atoms with Crippen molar-refractivity contribution in [3.63, 3.8) is 0 Å². The molecule has 2 heteroatoms. The molecule has 1 aromatic carbocycles. The second-order valence-corrected chi connectivity index (χ2v) is 5.01. The van der Waals surface area contributed by atoms with Gasteiger partial charge in [-0.3, -0.25) is 4.79 Å². The van der Waals surface area contributed by atoms with Gasteiger partial charge in [0.25, 0.3) is 0 Å². The largest absolute Gasteiger partial charge is 0.372 e. The summed E-state index contributed by atoms with van der Waals surface area (Å²) in [5.41, 5.74) is 2.03. The zero-order valence-corrected chi connectivity index (χ0v) is 10.9. The van der Waals surface area contributed by atoms with Gasteiger partial charge >= 0.3 is 0 Å². The van der Waals surface area contributed by atoms with Gasteiger partial charge in [0.2, 0.25) is 0 Å². The molecule has 1 aliphatic carbocycles. The van der Waals surface area contributed by atoms with Gasteiger partial charge in [0, 0.05) is 30.8 Å². The number of Topliss-reactive ketones (excluding diaryl/α,β-unsaturated/α-hetero) is 1. The lowest BCUT2D eigenvalue weighted by molar-refractivity contribution is 0.0988. The van der Waals surface area contributed by atoms with Gasteiger partial charge in [-0.15, -0.1) is 0 Å². The number of carbonyl (C=O) groups is 1. The summed E-state index contributed by atoms with van der Waals surface area (Å²) in [7, 11) is 2.14. The van der Waals surface area contributed by atoms with Crippen LogP contribution in [0.15, 0.2) is 24.3 Å². The summed E-state index contributed by atoms with van der Waals surface area (Å²) in [4.78, 5) is 13.9. The first-order valence-electron chi connectivity index (χ1n) is 6.49. The van der Waals surface area contributed by atoms with Gasteiger partial charge in [-0.1, -0.05) is 6.92 Å². The number of hydrogen-bond donors (Lipinski definition) is 0. The Morgan fingerprint density at radius 3 is 2.41 bits per heavy atom. The van der Waals surface area contributed by atoms with Gasteiger partial charge in [0.1, 0.15) is 0 Å². The molecular weight excluding hydrogens is 210 g/mol. The van der Waals surface area contributed by atoms with Crippen molar-refractivity contribution in [1.82, 2.24) is 0 Å². The van der Waals surface area contributed by atoms with E-state index >= 15 is 0 Å². The Labute approximate surface area is 104 Å². The van der Waals surface area contributed by atoms with Crippen LogP contribution in [0, 0.1) is 5.92 Å². The number of anilines is 1. The minimum atomic E-state index is 0.217. The van der Waals surface area contributed by atoms with Gasteiger partial charge in [-0.25, -0.2) is 0 Å². The zero-order chi connectivity index (χ0) is 12.4. The molecule has 1 fully saturated rings. The highest BCUT2D eigenvalue weighted by Crippen LogP contribution is 2.36. The second-order valence-electron chi connectivity index (χ2n) is 5.01. The van der Waals surface area contributed by atoms with Crippen molar-refractivity contribution in [2.45, 2.75) is 39.2 Å². The van der Waals surface area contributed by atoms with Gasteiger partial charge in [0.05, 0.1) is 0 Å². The van der Waals surface area contributed by atoms with Gasteiger partial charge in [0.15, 0.2) is 5.78 Å². The molecule has 0 N–H and O–H groups in total. The predicted molar refractivity (Wildman–Crippen MR) is 71.7 cm³/mol. The molecule has 17 heavy (non-hydrogen) atoms. The van der Waals surface area contributed by atoms with Crippen molar-refractivity contribution >= 4 is 11.5 Å². The maximum absolute atomic E-state index is 11.5. The SMILES string of the molecule is CCC(=O)c1ccc(N(C)C(C)C2CC2)cc1. The minimum Gasteiger partial charge on any atom is -0.372 e. The van der Waals surface area contributed by atoms with E-state index in [9.17, 15) is 4.79 Å². The maximum Gasteiger partial charge on any atom is 0.162 e. The lowest BCUT2D eigenvalue weighted by Gasteiger charge is -2.27. The highest BCUT2D eigenvalue weighted by atomic mass is 16.1. The molecule has 0 amide bonds. The first kappa shape index (κ1) is 12.2. The molecule has 0 spiro atoms. The van der Waals surface area contributed by atoms with Gasteiger partial charge in [-0.05, 0) is 49.9 Å². The summed E-state index contributed by atoms with van der Waals surface area (Å²) >= 11 is 0. The van der Waals surface area contributed by atoms with Gasteiger partial charge in [-0.2, -0.15) is 0 Å². The molecule has 1 unspecified atom stereocenters. The number of ketones is 1. The molecular formula is C15H21NO. The quantitative estimate of drug-likeness (QED) is 0.723. The number of hydrogen-bond acceptors (Lipinski definition) is 2. The highest BCUT2D eigenvalue weighted by molar-refractivity contribution is 5.96. The van der Waals surface area contributed by atoms with E-state index in [4.69, 9.17) is 0 Å². The van der Waals surface area contributed by atoms with Crippen LogP contribution < -0.4 is 4.90 Å². The number of carbonyl (C=O) groups excluding carboxylic acids is 1. The third-order valence-corrected chi connectivity index (χ3v) is 3.83. The second kappa shape index (κ2) is 4.91. The van der Waals surface area contributed by atoms with Crippen LogP contribution in [-0.2, 0) is 0 Å². The first-order valence-corrected chi connectivity index (χ1v) is 6.49. The number of benzene rings is 1. The van der Waals surface area contributed by atoms with Crippen molar-refractivity contribution in [3.8, 4) is 0 Å². The van der Waals surface area contributed by atoms with E-state index in [1.165, 1.54) is 18.5 Å². The summed E-state index contributed by atoms with van der Waals surface area (Å²) < 4.78 is 0. The van der Waals surface area contributed by atoms with Crippen molar-refractivity contribution < 1.29 is 4.79 Å². The topological polar surface area (TPSA) is 20.3 Å². The summed E-state index contributed by atoms with van der Waals surface area (Å²) in [6, 6.07) is 8.60. The Bertz CT molecular complexity index is 392. The van der Waals surface area contributed by atoms with Crippen molar-refractivity contribution in [3.05, 3.63) is 29.8 Å². The standard InChI is InChI=1S/C15H21NO/c1-4-15(17)13-7-9-14(10-8-13)16(3)11(2)12-5-6-12/h7-12H,4-6H2,1-3H3. The Hall–Kier alpha value is -1.31. The van der Waals surface area contributed by atoms with Crippen molar-refractivity contribution in [1.29, 1.82) is 0 Å². The van der Waals surface area contributed by atoms with Crippen LogP contribution in [0.5, 0.6) is 0 Å². The Morgan fingerprint density at radius 1 is 1.35 bits per heavy atom. The molecule has 1 aromatic rings. The van der Waals surface area contributed by atoms with Crippen LogP contribution in [0.1, 0.15) is 43.5 Å². The summed E-state index contributed by atoms with van der Waals surface area (Å²) in [5.74, 6) is 1.08. The third-order valence-electron chi connectivity index (χ3n) is 3.83. The predicted octanol–water partition coefficient (Wildman–Crippen LogP) is 3.51. The van der Waals surface area contributed by atoms with E-state index in [0.29, 0.717) is 12.5 Å². The van der Waals surface area contributed by atoms with E-state index in [2.05, 4.69) is 31.0 Å². The van der Waals surface area contributed by atoms with E-state index in [0.717, 1.165) is 11.5 Å². The normalized spacial score (nSPS) is 16.6. The lowest BCUT2D eigenvalue weighted by atomic mass is 10.1. The van der Waals surface area contributed by atoms with Crippen LogP contribution in [0.3, 0.4) is 0 Å². The molecule has 2 nitrogen and oxygen atoms in total. The molecule has 0 saturated heterocycles. The third kappa shape index (κ3) is 2.68. The van der Waals surface area contributed by atoms with Crippen LogP contribution in [0.4, 0.5) is 5.69 Å². The zero-order valence-electron chi connectivity index (χ0n) is 10.9. The van der Waals surface area contributed by atoms with Crippen molar-refractivity contribution in [2.24, 2.45) is 5.92 Å². The average molecular weight is 231 g/mol. The first-order chi connectivity index (χ1) is 8.13. The maximum atomic E-state index is 11.5. The van der Waals surface area contributed by atoms with Gasteiger partial charge < -0.3 is 4.90 Å². The van der Waals surface area contributed by atoms with E-state index in [-0.39, 0.29) is 5.78 Å². The van der Waals surface area contributed by atoms with Crippen LogP contribution in [-0.4, -0.2) is 18.9 Å². The Balaban J connectivity index is 2.08. The molecule has 2 rings (SSSR count). The molecule has 1 aliphatic rings. The Morgan fingerprint density at radius 2 is 1.94 bits per heavy atom. The molecule has 0 heterocycles. The van der Waals surface area contributed by atoms with Crippen LogP contribution in [0.2, 0.25) is 0 Å². The molecule has 0 aliphatic heterocycles.